The Bertz CT molecular complexity index is 1550. The molecule has 4 heterocycles. The molecule has 1 N–H and O–H groups in total. The summed E-state index contributed by atoms with van der Waals surface area (Å²) in [6, 6.07) is 12.3. The summed E-state index contributed by atoms with van der Waals surface area (Å²) >= 11 is 0. The summed E-state index contributed by atoms with van der Waals surface area (Å²) in [5.74, 6) is 0.696. The van der Waals surface area contributed by atoms with Crippen molar-refractivity contribution >= 4 is 22.3 Å². The van der Waals surface area contributed by atoms with E-state index in [1.54, 1.807) is 0 Å². The predicted molar refractivity (Wildman–Crippen MR) is 163 cm³/mol. The molecule has 0 amide bonds. The zero-order valence-corrected chi connectivity index (χ0v) is 24.8. The van der Waals surface area contributed by atoms with Gasteiger partial charge >= 0.3 is 6.01 Å². The highest BCUT2D eigenvalue weighted by atomic mass is 19.1. The first-order chi connectivity index (χ1) is 20.9. The van der Waals surface area contributed by atoms with E-state index in [0.29, 0.717) is 50.7 Å². The summed E-state index contributed by atoms with van der Waals surface area (Å²) in [7, 11) is 0. The number of rotatable bonds is 8. The minimum Gasteiger partial charge on any atom is -0.463 e. The molecule has 0 radical (unpaired) electrons. The van der Waals surface area contributed by atoms with Crippen LogP contribution in [0, 0.1) is 29.5 Å². The van der Waals surface area contributed by atoms with Crippen LogP contribution in [-0.2, 0) is 13.0 Å². The second kappa shape index (κ2) is 11.5. The Balaban J connectivity index is 1.19. The number of ether oxygens (including phenoxy) is 1. The molecule has 2 atom stereocenters. The Morgan fingerprint density at radius 2 is 2.00 bits per heavy atom. The highest BCUT2D eigenvalue weighted by Crippen LogP contribution is 2.47. The number of fused-ring (bicyclic) bond motifs is 2. The quantitative estimate of drug-likeness (QED) is 0.412. The predicted octanol–water partition coefficient (Wildman–Crippen LogP) is 4.53. The Morgan fingerprint density at radius 3 is 2.79 bits per heavy atom. The molecule has 4 aliphatic rings. The number of anilines is 2. The molecule has 43 heavy (non-hydrogen) atoms. The minimum absolute atomic E-state index is 0.0347. The van der Waals surface area contributed by atoms with Crippen molar-refractivity contribution in [3.63, 3.8) is 0 Å². The number of alkyl halides is 1. The number of hydrogen-bond donors (Lipinski definition) is 1. The van der Waals surface area contributed by atoms with Crippen LogP contribution < -0.4 is 19.9 Å². The molecule has 0 spiro atoms. The number of likely N-dealkylation sites (tertiary alicyclic amines) is 1. The van der Waals surface area contributed by atoms with Gasteiger partial charge < -0.3 is 19.9 Å². The van der Waals surface area contributed by atoms with Gasteiger partial charge in [-0.25, -0.2) is 8.78 Å². The fourth-order valence-corrected chi connectivity index (χ4v) is 7.11. The van der Waals surface area contributed by atoms with E-state index in [-0.39, 0.29) is 17.3 Å². The topological polar surface area (TPSA) is 80.6 Å². The highest BCUT2D eigenvalue weighted by molar-refractivity contribution is 5.97. The van der Waals surface area contributed by atoms with E-state index in [9.17, 15) is 14.0 Å². The van der Waals surface area contributed by atoms with Crippen LogP contribution in [0.5, 0.6) is 6.01 Å². The second-order valence-electron chi connectivity index (χ2n) is 12.8. The van der Waals surface area contributed by atoms with Crippen LogP contribution in [0.1, 0.15) is 42.5 Å². The lowest BCUT2D eigenvalue weighted by molar-refractivity contribution is 0.164. The molecule has 1 aromatic heterocycles. The largest absolute Gasteiger partial charge is 0.463 e. The average Bonchev–Trinajstić information content (AvgIpc) is 3.67. The van der Waals surface area contributed by atoms with Gasteiger partial charge in [0, 0.05) is 73.9 Å². The van der Waals surface area contributed by atoms with Gasteiger partial charge in [0.25, 0.3) is 0 Å². The molecule has 10 heteroatoms. The van der Waals surface area contributed by atoms with Crippen LogP contribution in [0.2, 0.25) is 0 Å². The van der Waals surface area contributed by atoms with Crippen molar-refractivity contribution in [3.8, 4) is 12.1 Å². The van der Waals surface area contributed by atoms with Crippen LogP contribution in [0.3, 0.4) is 0 Å². The summed E-state index contributed by atoms with van der Waals surface area (Å²) in [5, 5.41) is 14.7. The Kier molecular flexibility index (Phi) is 7.56. The molecule has 0 bridgehead atoms. The standard InChI is InChI=1S/C33H39F2N7O/c1-22-27(35)6-5-23-3-2-4-29(30(22)23)41-15-9-26-28(19-41)38-32(39-31(26)42-16-13-37-25(18-42)7-12-36)43-21-33(10-11-33)20-40-14-8-24(34)17-40/h2-6,24-25,37H,7-11,13-21H2,1H3/t24-,25+/m1/s1. The van der Waals surface area contributed by atoms with Gasteiger partial charge in [0.05, 0.1) is 31.3 Å². The lowest BCUT2D eigenvalue weighted by Gasteiger charge is -2.37. The molecule has 3 fully saturated rings. The number of aromatic nitrogens is 2. The molecule has 2 saturated heterocycles. The molecule has 226 valence electrons. The molecular formula is C33H39F2N7O. The van der Waals surface area contributed by atoms with Crippen molar-refractivity contribution in [2.75, 3.05) is 62.2 Å². The number of benzene rings is 2. The van der Waals surface area contributed by atoms with Crippen molar-refractivity contribution < 1.29 is 13.5 Å². The van der Waals surface area contributed by atoms with Gasteiger partial charge in [-0.3, -0.25) is 4.90 Å². The van der Waals surface area contributed by atoms with Gasteiger partial charge in [0.15, 0.2) is 0 Å². The van der Waals surface area contributed by atoms with Crippen molar-refractivity contribution in [2.45, 2.75) is 57.8 Å². The molecule has 1 saturated carbocycles. The van der Waals surface area contributed by atoms with E-state index >= 15 is 0 Å². The Hall–Kier alpha value is -3.55. The molecule has 1 aliphatic carbocycles. The number of nitrogens with zero attached hydrogens (tertiary/aromatic N) is 6. The first-order valence-electron chi connectivity index (χ1n) is 15.6. The summed E-state index contributed by atoms with van der Waals surface area (Å²) in [6.45, 7) is 8.14. The van der Waals surface area contributed by atoms with E-state index in [1.807, 2.05) is 25.1 Å². The normalized spacial score (nSPS) is 23.3. The fraction of sp³-hybridized carbons (Fsp3) is 0.545. The van der Waals surface area contributed by atoms with Gasteiger partial charge in [-0.15, -0.1) is 0 Å². The maximum absolute atomic E-state index is 14.7. The summed E-state index contributed by atoms with van der Waals surface area (Å²) in [6.07, 6.45) is 3.22. The van der Waals surface area contributed by atoms with Crippen molar-refractivity contribution in [1.82, 2.24) is 20.2 Å². The smallest absolute Gasteiger partial charge is 0.318 e. The van der Waals surface area contributed by atoms with E-state index in [1.165, 1.54) is 6.07 Å². The summed E-state index contributed by atoms with van der Waals surface area (Å²) in [4.78, 5) is 16.8. The van der Waals surface area contributed by atoms with Crippen molar-refractivity contribution in [2.24, 2.45) is 5.41 Å². The van der Waals surface area contributed by atoms with Crippen LogP contribution >= 0.6 is 0 Å². The molecule has 7 rings (SSSR count). The third-order valence-electron chi connectivity index (χ3n) is 9.71. The Labute approximate surface area is 251 Å². The van der Waals surface area contributed by atoms with Gasteiger partial charge in [0.2, 0.25) is 0 Å². The number of piperazine rings is 1. The van der Waals surface area contributed by atoms with Gasteiger partial charge in [0.1, 0.15) is 17.8 Å². The number of halogens is 2. The number of nitrogens with one attached hydrogen (secondary N) is 1. The molecule has 0 unspecified atom stereocenters. The van der Waals surface area contributed by atoms with Crippen molar-refractivity contribution in [3.05, 3.63) is 53.0 Å². The highest BCUT2D eigenvalue weighted by Gasteiger charge is 2.46. The zero-order valence-electron chi connectivity index (χ0n) is 24.8. The van der Waals surface area contributed by atoms with E-state index in [2.05, 4.69) is 32.2 Å². The molecule has 3 aliphatic heterocycles. The third kappa shape index (κ3) is 5.73. The fourth-order valence-electron chi connectivity index (χ4n) is 7.11. The van der Waals surface area contributed by atoms with E-state index in [4.69, 9.17) is 14.7 Å². The Morgan fingerprint density at radius 1 is 1.12 bits per heavy atom. The second-order valence-corrected chi connectivity index (χ2v) is 12.8. The van der Waals surface area contributed by atoms with Crippen molar-refractivity contribution in [1.29, 1.82) is 5.26 Å². The molecular weight excluding hydrogens is 548 g/mol. The molecule has 2 aromatic carbocycles. The van der Waals surface area contributed by atoms with Crippen LogP contribution in [0.15, 0.2) is 30.3 Å². The lowest BCUT2D eigenvalue weighted by Crippen LogP contribution is -2.51. The number of hydrogen-bond acceptors (Lipinski definition) is 8. The van der Waals surface area contributed by atoms with Crippen LogP contribution in [-0.4, -0.2) is 79.5 Å². The summed E-state index contributed by atoms with van der Waals surface area (Å²) < 4.78 is 34.9. The minimum atomic E-state index is -0.725. The SMILES string of the molecule is Cc1c(F)ccc2cccc(N3CCc4c(nc(OCC5(CN6CC[C@@H](F)C6)CC5)nc4N4CCN[C@@H](CC#N)C4)C3)c12. The van der Waals surface area contributed by atoms with Gasteiger partial charge in [-0.2, -0.15) is 15.2 Å². The van der Waals surface area contributed by atoms with Crippen LogP contribution in [0.4, 0.5) is 20.3 Å². The van der Waals surface area contributed by atoms with Gasteiger partial charge in [-0.1, -0.05) is 18.2 Å². The molecule has 3 aromatic rings. The first-order valence-corrected chi connectivity index (χ1v) is 15.6. The number of nitriles is 1. The monoisotopic (exact) mass is 587 g/mol. The van der Waals surface area contributed by atoms with Crippen LogP contribution in [0.25, 0.3) is 10.8 Å². The molecule has 8 nitrogen and oxygen atoms in total. The third-order valence-corrected chi connectivity index (χ3v) is 9.71. The van der Waals surface area contributed by atoms with E-state index < -0.39 is 6.17 Å². The first kappa shape index (κ1) is 28.2. The lowest BCUT2D eigenvalue weighted by atomic mass is 9.99. The number of aryl methyl sites for hydroxylation is 1. The summed E-state index contributed by atoms with van der Waals surface area (Å²) in [5.41, 5.74) is 3.75. The maximum Gasteiger partial charge on any atom is 0.318 e. The van der Waals surface area contributed by atoms with Gasteiger partial charge in [-0.05, 0) is 55.7 Å². The van der Waals surface area contributed by atoms with E-state index in [0.717, 1.165) is 85.5 Å². The zero-order chi connectivity index (χ0) is 29.6. The maximum atomic E-state index is 14.7. The average molecular weight is 588 g/mol.